The highest BCUT2D eigenvalue weighted by Gasteiger charge is 2.48. The number of aliphatic hydroxyl groups is 1. The second kappa shape index (κ2) is 9.27. The van der Waals surface area contributed by atoms with Crippen LogP contribution in [0.2, 0.25) is 0 Å². The Morgan fingerprint density at radius 2 is 1.86 bits per heavy atom. The van der Waals surface area contributed by atoms with Crippen LogP contribution in [0.25, 0.3) is 5.76 Å². The molecule has 2 unspecified atom stereocenters. The highest BCUT2D eigenvalue weighted by molar-refractivity contribution is 7.18. The molecule has 3 heterocycles. The Balaban J connectivity index is 1.69. The Morgan fingerprint density at radius 1 is 1.16 bits per heavy atom. The molecule has 8 heteroatoms. The Labute approximate surface area is 219 Å². The van der Waals surface area contributed by atoms with Crippen molar-refractivity contribution in [3.05, 3.63) is 80.9 Å². The summed E-state index contributed by atoms with van der Waals surface area (Å²) in [5.74, 6) is -0.942. The quantitative estimate of drug-likeness (QED) is 0.201. The highest BCUT2D eigenvalue weighted by Crippen LogP contribution is 2.44. The molecule has 1 amide bonds. The zero-order chi connectivity index (χ0) is 26.6. The van der Waals surface area contributed by atoms with Gasteiger partial charge in [-0.25, -0.2) is 4.98 Å². The zero-order valence-corrected chi connectivity index (χ0v) is 22.2. The summed E-state index contributed by atoms with van der Waals surface area (Å²) in [6.07, 6.45) is 0.720. The average molecular weight is 517 g/mol. The van der Waals surface area contributed by atoms with Crippen molar-refractivity contribution < 1.29 is 24.2 Å². The molecule has 2 atom stereocenters. The van der Waals surface area contributed by atoms with Crippen molar-refractivity contribution in [1.29, 1.82) is 0 Å². The van der Waals surface area contributed by atoms with Crippen LogP contribution in [-0.2, 0) is 16.0 Å². The summed E-state index contributed by atoms with van der Waals surface area (Å²) in [6.45, 7) is 9.28. The van der Waals surface area contributed by atoms with Crippen molar-refractivity contribution >= 4 is 39.7 Å². The van der Waals surface area contributed by atoms with Crippen LogP contribution in [0.1, 0.15) is 77.3 Å². The first-order chi connectivity index (χ1) is 17.6. The lowest BCUT2D eigenvalue weighted by Crippen LogP contribution is -2.29. The van der Waals surface area contributed by atoms with E-state index in [-0.39, 0.29) is 28.4 Å². The number of hydrogen-bond donors (Lipinski definition) is 1. The van der Waals surface area contributed by atoms with Gasteiger partial charge in [-0.2, -0.15) is 0 Å². The zero-order valence-electron chi connectivity index (χ0n) is 21.4. The lowest BCUT2D eigenvalue weighted by Gasteiger charge is -2.23. The molecule has 0 spiro atoms. The minimum absolute atomic E-state index is 0.00793. The minimum atomic E-state index is -0.894. The molecule has 1 saturated heterocycles. The van der Waals surface area contributed by atoms with E-state index in [2.05, 4.69) is 18.8 Å². The Kier molecular flexibility index (Phi) is 6.23. The number of rotatable bonds is 5. The Hall–Kier alpha value is -3.78. The van der Waals surface area contributed by atoms with E-state index >= 15 is 0 Å². The summed E-state index contributed by atoms with van der Waals surface area (Å²) in [5, 5.41) is 11.7. The van der Waals surface area contributed by atoms with Crippen LogP contribution in [0.3, 0.4) is 0 Å². The van der Waals surface area contributed by atoms with Gasteiger partial charge >= 0.3 is 5.91 Å². The summed E-state index contributed by atoms with van der Waals surface area (Å²) in [6, 6.07) is 12.1. The van der Waals surface area contributed by atoms with Crippen molar-refractivity contribution in [3.8, 4) is 5.75 Å². The van der Waals surface area contributed by atoms with E-state index in [1.807, 2.05) is 37.3 Å². The third kappa shape index (κ3) is 4.25. The van der Waals surface area contributed by atoms with Gasteiger partial charge in [-0.1, -0.05) is 49.4 Å². The fraction of sp³-hybridized carbons (Fsp3) is 0.310. The number of amides is 1. The van der Waals surface area contributed by atoms with Gasteiger partial charge in [-0.15, -0.1) is 0 Å². The molecule has 0 saturated carbocycles. The molecular formula is C29H28N2O5S. The molecular weight excluding hydrogens is 488 g/mol. The first-order valence-corrected chi connectivity index (χ1v) is 13.1. The van der Waals surface area contributed by atoms with Crippen LogP contribution in [0.5, 0.6) is 5.75 Å². The minimum Gasteiger partial charge on any atom is -0.507 e. The summed E-state index contributed by atoms with van der Waals surface area (Å²) in [5.41, 5.74) is 3.64. The fourth-order valence-corrected chi connectivity index (χ4v) is 5.93. The number of hydrogen-bond acceptors (Lipinski definition) is 7. The maximum absolute atomic E-state index is 13.5. The second-order valence-corrected chi connectivity index (χ2v) is 10.9. The van der Waals surface area contributed by atoms with Crippen LogP contribution < -0.4 is 9.64 Å². The summed E-state index contributed by atoms with van der Waals surface area (Å²) >= 11 is 1.07. The van der Waals surface area contributed by atoms with Crippen LogP contribution in [0.15, 0.2) is 48.0 Å². The molecule has 1 aromatic heterocycles. The Bertz CT molecular complexity index is 1470. The normalized spacial score (nSPS) is 20.4. The van der Waals surface area contributed by atoms with Gasteiger partial charge in [0.05, 0.1) is 22.2 Å². The Morgan fingerprint density at radius 3 is 2.49 bits per heavy atom. The number of thiazole rings is 1. The van der Waals surface area contributed by atoms with Crippen molar-refractivity contribution in [3.63, 3.8) is 0 Å². The van der Waals surface area contributed by atoms with Crippen LogP contribution in [-0.4, -0.2) is 33.7 Å². The first kappa shape index (κ1) is 24.9. The number of carbonyl (C=O) groups is 3. The molecule has 1 fully saturated rings. The van der Waals surface area contributed by atoms with Crippen LogP contribution >= 0.6 is 11.3 Å². The van der Waals surface area contributed by atoms with Crippen molar-refractivity contribution in [2.24, 2.45) is 0 Å². The molecule has 0 radical (unpaired) electrons. The van der Waals surface area contributed by atoms with Gasteiger partial charge < -0.3 is 9.84 Å². The van der Waals surface area contributed by atoms with E-state index in [0.717, 1.165) is 28.2 Å². The van der Waals surface area contributed by atoms with E-state index in [1.54, 1.807) is 19.1 Å². The number of ether oxygens (including phenoxy) is 1. The number of aryl methyl sites for hydroxylation is 1. The molecule has 2 aliphatic heterocycles. The number of ketones is 2. The predicted molar refractivity (Wildman–Crippen MR) is 142 cm³/mol. The molecule has 37 heavy (non-hydrogen) atoms. The fourth-order valence-electron chi connectivity index (χ4n) is 4.95. The number of benzene rings is 2. The number of carbonyl (C=O) groups excluding carboxylic acids is 3. The third-order valence-electron chi connectivity index (χ3n) is 6.84. The topological polar surface area (TPSA) is 96.8 Å². The molecule has 5 rings (SSSR count). The molecule has 0 aliphatic carbocycles. The number of aromatic nitrogens is 1. The highest BCUT2D eigenvalue weighted by atomic mass is 32.1. The van der Waals surface area contributed by atoms with Crippen LogP contribution in [0, 0.1) is 6.92 Å². The van der Waals surface area contributed by atoms with Crippen LogP contribution in [0.4, 0.5) is 5.13 Å². The molecule has 3 aromatic rings. The first-order valence-electron chi connectivity index (χ1n) is 12.3. The number of aliphatic hydroxyl groups excluding tert-OH is 1. The van der Waals surface area contributed by atoms with E-state index in [9.17, 15) is 19.5 Å². The second-order valence-electron chi connectivity index (χ2n) is 9.91. The smallest absolute Gasteiger partial charge is 0.301 e. The van der Waals surface area contributed by atoms with Gasteiger partial charge in [0.2, 0.25) is 0 Å². The number of nitrogens with zero attached hydrogens (tertiary/aromatic N) is 2. The lowest BCUT2D eigenvalue weighted by molar-refractivity contribution is -0.132. The van der Waals surface area contributed by atoms with Crippen molar-refractivity contribution in [1.82, 2.24) is 4.98 Å². The summed E-state index contributed by atoms with van der Waals surface area (Å²) < 4.78 is 5.77. The average Bonchev–Trinajstić information content (AvgIpc) is 3.50. The van der Waals surface area contributed by atoms with Gasteiger partial charge in [-0.3, -0.25) is 19.3 Å². The molecule has 190 valence electrons. The summed E-state index contributed by atoms with van der Waals surface area (Å²) in [4.78, 5) is 45.2. The number of Topliss-reactive ketones (excluding diaryl/α,β-unsaturated/α-hetero) is 2. The van der Waals surface area contributed by atoms with E-state index in [0.29, 0.717) is 34.0 Å². The predicted octanol–water partition coefficient (Wildman–Crippen LogP) is 5.73. The molecule has 1 N–H and O–H groups in total. The maximum atomic E-state index is 13.5. The van der Waals surface area contributed by atoms with Gasteiger partial charge in [0.15, 0.2) is 10.9 Å². The molecule has 2 aromatic carbocycles. The third-order valence-corrected chi connectivity index (χ3v) is 8.10. The molecule has 7 nitrogen and oxygen atoms in total. The van der Waals surface area contributed by atoms with E-state index in [1.165, 1.54) is 11.8 Å². The lowest BCUT2D eigenvalue weighted by atomic mass is 9.93. The van der Waals surface area contributed by atoms with Gasteiger partial charge in [0.1, 0.15) is 17.6 Å². The van der Waals surface area contributed by atoms with E-state index < -0.39 is 17.7 Å². The standard InChI is InChI=1S/C29H28N2O5S/c1-14(2)18-6-8-19(9-7-18)24-23(25(33)20-10-11-22-21(13-20)12-15(3)36-22)26(34)28(35)31(24)29-30-16(4)27(37-29)17(5)32/h6-11,13-15,24,33H,12H2,1-5H3. The van der Waals surface area contributed by atoms with Gasteiger partial charge in [0, 0.05) is 18.9 Å². The van der Waals surface area contributed by atoms with Crippen molar-refractivity contribution in [2.75, 3.05) is 4.90 Å². The molecule has 2 aliphatic rings. The van der Waals surface area contributed by atoms with Crippen molar-refractivity contribution in [2.45, 2.75) is 59.1 Å². The van der Waals surface area contributed by atoms with Gasteiger partial charge in [0.25, 0.3) is 5.78 Å². The summed E-state index contributed by atoms with van der Waals surface area (Å²) in [7, 11) is 0. The monoisotopic (exact) mass is 516 g/mol. The van der Waals surface area contributed by atoms with E-state index in [4.69, 9.17) is 4.74 Å². The molecule has 0 bridgehead atoms. The largest absolute Gasteiger partial charge is 0.507 e. The maximum Gasteiger partial charge on any atom is 0.301 e. The number of fused-ring (bicyclic) bond motifs is 1. The SMILES string of the molecule is CC(=O)c1sc(N2C(=O)C(=O)C(=C(O)c3ccc4c(c3)CC(C)O4)C2c2ccc(C(C)C)cc2)nc1C. The number of anilines is 1. The van der Waals surface area contributed by atoms with Gasteiger partial charge in [-0.05, 0) is 54.7 Å².